The molecule has 9 nitrogen and oxygen atoms in total. The number of ether oxygens (including phenoxy) is 2. The predicted octanol–water partition coefficient (Wildman–Crippen LogP) is 2.85. The van der Waals surface area contributed by atoms with Crippen LogP contribution < -0.4 is 14.8 Å². The topological polar surface area (TPSA) is 101 Å². The van der Waals surface area contributed by atoms with Crippen LogP contribution >= 0.6 is 23.6 Å². The number of hydrogen-bond acceptors (Lipinski definition) is 7. The molecule has 0 aliphatic carbocycles. The molecular formula is C21H25N5O4S2. The average molecular weight is 476 g/mol. The maximum Gasteiger partial charge on any atom is 0.259 e. The van der Waals surface area contributed by atoms with Crippen LogP contribution in [0.4, 0.5) is 0 Å². The summed E-state index contributed by atoms with van der Waals surface area (Å²) in [6, 6.07) is 9.22. The number of hydrogen-bond donors (Lipinski definition) is 2. The Hall–Kier alpha value is -3.18. The van der Waals surface area contributed by atoms with E-state index in [1.165, 1.54) is 12.0 Å². The Morgan fingerprint density at radius 2 is 2.09 bits per heavy atom. The van der Waals surface area contributed by atoms with Crippen LogP contribution in [0, 0.1) is 4.77 Å². The molecule has 0 saturated heterocycles. The zero-order valence-electron chi connectivity index (χ0n) is 18.1. The van der Waals surface area contributed by atoms with Gasteiger partial charge in [0.05, 0.1) is 12.0 Å². The first kappa shape index (κ1) is 23.5. The Balaban J connectivity index is 1.55. The van der Waals surface area contributed by atoms with E-state index in [4.69, 9.17) is 21.7 Å². The van der Waals surface area contributed by atoms with Crippen molar-refractivity contribution in [3.8, 4) is 22.2 Å². The van der Waals surface area contributed by atoms with E-state index < -0.39 is 0 Å². The number of nitrogens with one attached hydrogen (secondary N) is 2. The summed E-state index contributed by atoms with van der Waals surface area (Å²) in [7, 11) is 4.86. The van der Waals surface area contributed by atoms with Crippen molar-refractivity contribution in [1.29, 1.82) is 0 Å². The molecule has 32 heavy (non-hydrogen) atoms. The average Bonchev–Trinajstić information content (AvgIpc) is 3.44. The summed E-state index contributed by atoms with van der Waals surface area (Å²) >= 11 is 6.86. The number of benzene rings is 1. The van der Waals surface area contributed by atoms with Gasteiger partial charge in [-0.2, -0.15) is 5.10 Å². The van der Waals surface area contributed by atoms with Gasteiger partial charge in [-0.1, -0.05) is 12.1 Å². The van der Waals surface area contributed by atoms with Crippen LogP contribution in [0.2, 0.25) is 0 Å². The minimum atomic E-state index is -0.150. The van der Waals surface area contributed by atoms with E-state index in [-0.39, 0.29) is 24.8 Å². The van der Waals surface area contributed by atoms with Crippen molar-refractivity contribution in [1.82, 2.24) is 25.0 Å². The first-order valence-electron chi connectivity index (χ1n) is 9.84. The van der Waals surface area contributed by atoms with Crippen molar-refractivity contribution in [2.45, 2.75) is 19.5 Å². The number of carbonyl (C=O) groups is 2. The first-order chi connectivity index (χ1) is 15.4. The zero-order chi connectivity index (χ0) is 23.1. The third kappa shape index (κ3) is 5.95. The van der Waals surface area contributed by atoms with E-state index in [1.807, 2.05) is 28.1 Å². The molecule has 11 heteroatoms. The number of thiophene rings is 1. The molecule has 0 aliphatic rings. The second kappa shape index (κ2) is 10.9. The van der Waals surface area contributed by atoms with E-state index >= 15 is 0 Å². The molecule has 2 N–H and O–H groups in total. The fourth-order valence-corrected chi connectivity index (χ4v) is 3.78. The van der Waals surface area contributed by atoms with E-state index in [2.05, 4.69) is 15.5 Å². The molecule has 3 aromatic rings. The number of nitrogens with zero attached hydrogens (tertiary/aromatic N) is 3. The number of H-pyrrole nitrogens is 1. The predicted molar refractivity (Wildman–Crippen MR) is 124 cm³/mol. The van der Waals surface area contributed by atoms with Gasteiger partial charge in [-0.05, 0) is 41.4 Å². The summed E-state index contributed by atoms with van der Waals surface area (Å²) in [5.41, 5.74) is 0.848. The third-order valence-electron chi connectivity index (χ3n) is 4.63. The molecule has 0 saturated carbocycles. The van der Waals surface area contributed by atoms with Gasteiger partial charge in [0, 0.05) is 33.6 Å². The summed E-state index contributed by atoms with van der Waals surface area (Å²) in [5, 5.41) is 11.9. The lowest BCUT2D eigenvalue weighted by Crippen LogP contribution is -2.27. The Kier molecular flexibility index (Phi) is 8.01. The highest BCUT2D eigenvalue weighted by Gasteiger charge is 2.13. The highest BCUT2D eigenvalue weighted by molar-refractivity contribution is 7.71. The van der Waals surface area contributed by atoms with Crippen LogP contribution in [-0.2, 0) is 22.7 Å². The highest BCUT2D eigenvalue weighted by Crippen LogP contribution is 2.28. The van der Waals surface area contributed by atoms with Crippen LogP contribution in [-0.4, -0.2) is 59.3 Å². The number of aromatic nitrogens is 3. The van der Waals surface area contributed by atoms with Gasteiger partial charge in [-0.15, -0.1) is 11.3 Å². The van der Waals surface area contributed by atoms with Gasteiger partial charge in [0.25, 0.3) is 5.91 Å². The lowest BCUT2D eigenvalue weighted by Gasteiger charge is -2.14. The molecule has 0 atom stereocenters. The smallest absolute Gasteiger partial charge is 0.259 e. The quantitative estimate of drug-likeness (QED) is 0.437. The maximum absolute atomic E-state index is 12.4. The molecule has 3 rings (SSSR count). The van der Waals surface area contributed by atoms with Crippen molar-refractivity contribution in [3.63, 3.8) is 0 Å². The minimum absolute atomic E-state index is 0.0799. The fraction of sp³-hybridized carbons (Fsp3) is 0.333. The van der Waals surface area contributed by atoms with E-state index in [0.717, 1.165) is 16.3 Å². The zero-order valence-corrected chi connectivity index (χ0v) is 19.7. The second-order valence-electron chi connectivity index (χ2n) is 7.07. The molecule has 0 unspecified atom stereocenters. The largest absolute Gasteiger partial charge is 0.493 e. The molecule has 2 aromatic heterocycles. The lowest BCUT2D eigenvalue weighted by molar-refractivity contribution is -0.130. The van der Waals surface area contributed by atoms with Gasteiger partial charge < -0.3 is 19.7 Å². The molecule has 2 amide bonds. The van der Waals surface area contributed by atoms with Gasteiger partial charge in [-0.25, -0.2) is 0 Å². The Bertz CT molecular complexity index is 1120. The van der Waals surface area contributed by atoms with Crippen molar-refractivity contribution < 1.29 is 19.1 Å². The number of amides is 2. The fourth-order valence-electron chi connectivity index (χ4n) is 2.83. The second-order valence-corrected chi connectivity index (χ2v) is 8.40. The summed E-state index contributed by atoms with van der Waals surface area (Å²) in [6.07, 6.45) is 0.261. The number of methoxy groups -OCH3 is 1. The van der Waals surface area contributed by atoms with E-state index in [0.29, 0.717) is 29.4 Å². The summed E-state index contributed by atoms with van der Waals surface area (Å²) in [4.78, 5) is 26.6. The SMILES string of the molecule is COc1cc(CNC(=O)CCn2c(-c3cccs3)n[nH]c2=S)ccc1OCC(=O)N(C)C. The van der Waals surface area contributed by atoms with Crippen molar-refractivity contribution in [3.05, 3.63) is 46.0 Å². The Morgan fingerprint density at radius 3 is 2.78 bits per heavy atom. The van der Waals surface area contributed by atoms with Gasteiger partial charge >= 0.3 is 0 Å². The van der Waals surface area contributed by atoms with Crippen LogP contribution in [0.3, 0.4) is 0 Å². The van der Waals surface area contributed by atoms with Crippen LogP contribution in [0.5, 0.6) is 11.5 Å². The monoisotopic (exact) mass is 475 g/mol. The molecule has 0 bridgehead atoms. The van der Waals surface area contributed by atoms with Gasteiger partial charge in [0.2, 0.25) is 5.91 Å². The first-order valence-corrected chi connectivity index (χ1v) is 11.1. The van der Waals surface area contributed by atoms with Gasteiger partial charge in [0.1, 0.15) is 0 Å². The summed E-state index contributed by atoms with van der Waals surface area (Å²) < 4.78 is 13.2. The maximum atomic E-state index is 12.4. The molecule has 2 heterocycles. The van der Waals surface area contributed by atoms with Crippen LogP contribution in [0.1, 0.15) is 12.0 Å². The normalized spacial score (nSPS) is 10.6. The molecule has 0 spiro atoms. The number of likely N-dealkylation sites (N-methyl/N-ethyl adjacent to an activating group) is 1. The highest BCUT2D eigenvalue weighted by atomic mass is 32.1. The van der Waals surface area contributed by atoms with Gasteiger partial charge in [-0.3, -0.25) is 19.3 Å². The molecule has 0 radical (unpaired) electrons. The molecule has 1 aromatic carbocycles. The van der Waals surface area contributed by atoms with Crippen molar-refractivity contribution in [2.24, 2.45) is 0 Å². The van der Waals surface area contributed by atoms with Crippen molar-refractivity contribution >= 4 is 35.4 Å². The Morgan fingerprint density at radius 1 is 1.28 bits per heavy atom. The molecule has 170 valence electrons. The standard InChI is InChI=1S/C21H25N5O4S2/c1-25(2)19(28)13-30-15-7-6-14(11-16(15)29-3)12-22-18(27)8-9-26-20(23-24-21(26)31)17-5-4-10-32-17/h4-7,10-11H,8-9,12-13H2,1-3H3,(H,22,27)(H,24,31). The van der Waals surface area contributed by atoms with Crippen LogP contribution in [0.25, 0.3) is 10.7 Å². The van der Waals surface area contributed by atoms with Crippen LogP contribution in [0.15, 0.2) is 35.7 Å². The number of rotatable bonds is 10. The number of carbonyl (C=O) groups excluding carboxylic acids is 2. The van der Waals surface area contributed by atoms with Gasteiger partial charge in [0.15, 0.2) is 28.7 Å². The molecular weight excluding hydrogens is 450 g/mol. The lowest BCUT2D eigenvalue weighted by atomic mass is 10.2. The number of aromatic amines is 1. The van der Waals surface area contributed by atoms with E-state index in [9.17, 15) is 9.59 Å². The summed E-state index contributed by atoms with van der Waals surface area (Å²) in [6.45, 7) is 0.675. The third-order valence-corrected chi connectivity index (χ3v) is 5.81. The Labute approximate surface area is 195 Å². The molecule has 0 fully saturated rings. The minimum Gasteiger partial charge on any atom is -0.493 e. The van der Waals surface area contributed by atoms with Crippen molar-refractivity contribution in [2.75, 3.05) is 27.8 Å². The molecule has 0 aliphatic heterocycles. The summed E-state index contributed by atoms with van der Waals surface area (Å²) in [5.74, 6) is 1.43. The van der Waals surface area contributed by atoms with E-state index in [1.54, 1.807) is 37.6 Å².